The molecule has 17 nitrogen and oxygen atoms in total. The third-order valence-electron chi connectivity index (χ3n) is 18.5. The highest BCUT2D eigenvalue weighted by Crippen LogP contribution is 2.45. The summed E-state index contributed by atoms with van der Waals surface area (Å²) in [6.07, 6.45) is 62.3. The molecule has 0 spiro atoms. The van der Waals surface area contributed by atoms with E-state index < -0.39 is 97.5 Å². The number of carbonyl (C=O) groups excluding carboxylic acids is 4. The number of ether oxygens (including phenoxy) is 4. The van der Waals surface area contributed by atoms with E-state index >= 15 is 0 Å². The summed E-state index contributed by atoms with van der Waals surface area (Å²) >= 11 is 0. The van der Waals surface area contributed by atoms with E-state index in [1.165, 1.54) is 244 Å². The fraction of sp³-hybridized carbons (Fsp3) is 0.949. The zero-order valence-corrected chi connectivity index (χ0v) is 65.7. The molecular weight excluding hydrogens is 1280 g/mol. The zero-order chi connectivity index (χ0) is 71.9. The number of hydrogen-bond donors (Lipinski definition) is 3. The van der Waals surface area contributed by atoms with Gasteiger partial charge >= 0.3 is 39.5 Å². The van der Waals surface area contributed by atoms with Crippen LogP contribution in [0.15, 0.2) is 0 Å². The molecule has 0 amide bonds. The summed E-state index contributed by atoms with van der Waals surface area (Å²) in [7, 11) is -9.91. The van der Waals surface area contributed by atoms with E-state index in [-0.39, 0.29) is 25.7 Å². The van der Waals surface area contributed by atoms with Gasteiger partial charge in [-0.25, -0.2) is 9.13 Å². The lowest BCUT2D eigenvalue weighted by Gasteiger charge is -2.21. The van der Waals surface area contributed by atoms with E-state index in [1.54, 1.807) is 0 Å². The van der Waals surface area contributed by atoms with Crippen LogP contribution in [0, 0.1) is 5.92 Å². The normalized spacial score (nSPS) is 13.9. The molecule has 0 rings (SSSR count). The first kappa shape index (κ1) is 96.1. The van der Waals surface area contributed by atoms with E-state index in [0.717, 1.165) is 95.8 Å². The minimum absolute atomic E-state index is 0.108. The van der Waals surface area contributed by atoms with Gasteiger partial charge in [-0.15, -0.1) is 0 Å². The van der Waals surface area contributed by atoms with E-state index in [9.17, 15) is 43.2 Å². The molecule has 0 radical (unpaired) electrons. The third-order valence-corrected chi connectivity index (χ3v) is 20.4. The van der Waals surface area contributed by atoms with Gasteiger partial charge < -0.3 is 33.8 Å². The molecule has 19 heteroatoms. The molecule has 0 aliphatic heterocycles. The molecule has 0 aliphatic rings. The number of hydrogen-bond acceptors (Lipinski definition) is 15. The molecule has 2 unspecified atom stereocenters. The summed E-state index contributed by atoms with van der Waals surface area (Å²) in [6.45, 7) is 7.34. The molecule has 0 heterocycles. The maximum Gasteiger partial charge on any atom is 0.472 e. The van der Waals surface area contributed by atoms with Gasteiger partial charge in [0.15, 0.2) is 12.2 Å². The minimum atomic E-state index is -4.96. The lowest BCUT2D eigenvalue weighted by molar-refractivity contribution is -0.161. The topological polar surface area (TPSA) is 237 Å². The zero-order valence-electron chi connectivity index (χ0n) is 63.9. The molecule has 0 aromatic rings. The average molecular weight is 1440 g/mol. The molecule has 0 aromatic carbocycles. The number of rotatable bonds is 79. The van der Waals surface area contributed by atoms with Crippen molar-refractivity contribution in [3.8, 4) is 0 Å². The second kappa shape index (κ2) is 72.0. The fourth-order valence-electron chi connectivity index (χ4n) is 12.2. The highest BCUT2D eigenvalue weighted by atomic mass is 31.2. The monoisotopic (exact) mass is 1440 g/mol. The Balaban J connectivity index is 5.24. The lowest BCUT2D eigenvalue weighted by Crippen LogP contribution is -2.30. The molecule has 0 bridgehead atoms. The number of phosphoric acid groups is 2. The van der Waals surface area contributed by atoms with Gasteiger partial charge in [0, 0.05) is 25.7 Å². The second-order valence-corrected chi connectivity index (χ2v) is 31.8. The summed E-state index contributed by atoms with van der Waals surface area (Å²) in [5.41, 5.74) is 0. The van der Waals surface area contributed by atoms with Crippen LogP contribution in [-0.2, 0) is 65.4 Å². The first-order valence-corrected chi connectivity index (χ1v) is 44.1. The average Bonchev–Trinajstić information content (AvgIpc) is 1.38. The summed E-state index contributed by atoms with van der Waals surface area (Å²) in [5.74, 6) is -1.31. The summed E-state index contributed by atoms with van der Waals surface area (Å²) in [6, 6.07) is 0. The van der Waals surface area contributed by atoms with Crippen LogP contribution in [0.25, 0.3) is 0 Å². The first-order chi connectivity index (χ1) is 47.5. The van der Waals surface area contributed by atoms with Crippen LogP contribution >= 0.6 is 15.6 Å². The van der Waals surface area contributed by atoms with Crippen molar-refractivity contribution in [1.29, 1.82) is 0 Å². The van der Waals surface area contributed by atoms with Crippen LogP contribution in [0.1, 0.15) is 420 Å². The van der Waals surface area contributed by atoms with Gasteiger partial charge in [0.25, 0.3) is 0 Å². The number of esters is 4. The molecule has 3 N–H and O–H groups in total. The summed E-state index contributed by atoms with van der Waals surface area (Å²) < 4.78 is 68.7. The van der Waals surface area contributed by atoms with Gasteiger partial charge in [0.2, 0.25) is 0 Å². The number of carbonyl (C=O) groups is 4. The van der Waals surface area contributed by atoms with Crippen molar-refractivity contribution in [1.82, 2.24) is 0 Å². The van der Waals surface area contributed by atoms with Crippen molar-refractivity contribution in [2.45, 2.75) is 438 Å². The maximum absolute atomic E-state index is 13.1. The van der Waals surface area contributed by atoms with Gasteiger partial charge in [-0.3, -0.25) is 37.3 Å². The number of phosphoric ester groups is 2. The molecule has 0 saturated carbocycles. The van der Waals surface area contributed by atoms with E-state index in [1.807, 2.05) is 0 Å². The van der Waals surface area contributed by atoms with Crippen molar-refractivity contribution >= 4 is 39.5 Å². The SMILES string of the molecule is CCCCCCCCCCCCCCCCCCCC(=O)OC[C@H](COP(=O)(O)OC[C@@H](O)COP(=O)(O)OC[C@@H](COC(=O)CCCCCCCCCCCC)OC(=O)CCCCCCCCCCCCCCCC)OC(=O)CCCCCCCCCCCCCCCCC(C)C. The molecule has 0 aliphatic carbocycles. The number of unbranched alkanes of at least 4 members (excludes halogenated alkanes) is 51. The van der Waals surface area contributed by atoms with E-state index in [4.69, 9.17) is 37.0 Å². The van der Waals surface area contributed by atoms with Gasteiger partial charge in [0.1, 0.15) is 19.3 Å². The van der Waals surface area contributed by atoms with Crippen LogP contribution in [0.4, 0.5) is 0 Å². The Labute approximate surface area is 600 Å². The summed E-state index contributed by atoms with van der Waals surface area (Å²) in [5, 5.41) is 10.6. The highest BCUT2D eigenvalue weighted by molar-refractivity contribution is 7.47. The van der Waals surface area contributed by atoms with Crippen molar-refractivity contribution in [2.75, 3.05) is 39.6 Å². The predicted molar refractivity (Wildman–Crippen MR) is 400 cm³/mol. The quantitative estimate of drug-likeness (QED) is 0.0222. The predicted octanol–water partition coefficient (Wildman–Crippen LogP) is 23.6. The Bertz CT molecular complexity index is 1870. The third kappa shape index (κ3) is 72.4. The van der Waals surface area contributed by atoms with Gasteiger partial charge in [-0.2, -0.15) is 0 Å². The van der Waals surface area contributed by atoms with Crippen molar-refractivity contribution in [3.05, 3.63) is 0 Å². The second-order valence-electron chi connectivity index (χ2n) is 28.9. The molecule has 98 heavy (non-hydrogen) atoms. The Morgan fingerprint density at radius 1 is 0.276 bits per heavy atom. The highest BCUT2D eigenvalue weighted by Gasteiger charge is 2.30. The molecule has 582 valence electrons. The molecule has 0 saturated heterocycles. The maximum atomic E-state index is 13.1. The van der Waals surface area contributed by atoms with Crippen LogP contribution < -0.4 is 0 Å². The van der Waals surface area contributed by atoms with Crippen LogP contribution in [0.3, 0.4) is 0 Å². The van der Waals surface area contributed by atoms with E-state index in [2.05, 4.69) is 34.6 Å². The fourth-order valence-corrected chi connectivity index (χ4v) is 13.8. The molecule has 5 atom stereocenters. The van der Waals surface area contributed by atoms with Crippen molar-refractivity contribution in [3.63, 3.8) is 0 Å². The molecule has 0 aromatic heterocycles. The largest absolute Gasteiger partial charge is 0.472 e. The van der Waals surface area contributed by atoms with Crippen LogP contribution in [-0.4, -0.2) is 96.7 Å². The lowest BCUT2D eigenvalue weighted by atomic mass is 10.0. The number of aliphatic hydroxyl groups excluding tert-OH is 1. The van der Waals surface area contributed by atoms with Crippen LogP contribution in [0.2, 0.25) is 0 Å². The van der Waals surface area contributed by atoms with Crippen LogP contribution in [0.5, 0.6) is 0 Å². The minimum Gasteiger partial charge on any atom is -0.462 e. The van der Waals surface area contributed by atoms with Gasteiger partial charge in [0.05, 0.1) is 26.4 Å². The van der Waals surface area contributed by atoms with Crippen molar-refractivity contribution < 1.29 is 80.2 Å². The smallest absolute Gasteiger partial charge is 0.462 e. The molecular formula is C79H154O17P2. The van der Waals surface area contributed by atoms with E-state index in [0.29, 0.717) is 25.7 Å². The Morgan fingerprint density at radius 2 is 0.469 bits per heavy atom. The standard InChI is InChI=1S/C79H154O17P2/c1-6-9-12-15-18-21-24-26-28-29-30-35-38-43-48-53-58-63-77(82)90-69-75(96-79(84)65-60-55-50-45-40-36-32-31-33-37-41-46-51-56-61-72(4)5)71-94-98(87,88)92-67-73(80)66-91-97(85,86)93-70-74(68-89-76(81)62-57-52-47-42-23-20-17-14-11-8-3)95-78(83)64-59-54-49-44-39-34-27-25-22-19-16-13-10-7-2/h72-75,80H,6-71H2,1-5H3,(H,85,86)(H,87,88)/t73-,74+,75+/m0/s1. The number of aliphatic hydroxyl groups is 1. The van der Waals surface area contributed by atoms with Gasteiger partial charge in [-0.1, -0.05) is 369 Å². The Kier molecular flexibility index (Phi) is 70.6. The first-order valence-electron chi connectivity index (χ1n) is 41.1. The Morgan fingerprint density at radius 3 is 0.694 bits per heavy atom. The molecule has 0 fully saturated rings. The van der Waals surface area contributed by atoms with Gasteiger partial charge in [-0.05, 0) is 31.6 Å². The summed E-state index contributed by atoms with van der Waals surface area (Å²) in [4.78, 5) is 72.9. The Hall–Kier alpha value is -1.94. The van der Waals surface area contributed by atoms with Crippen molar-refractivity contribution in [2.24, 2.45) is 5.92 Å².